The fraction of sp³-hybridized carbons (Fsp3) is 0.917. The monoisotopic (exact) mass is 242 g/mol. The van der Waals surface area contributed by atoms with Gasteiger partial charge in [0.1, 0.15) is 0 Å². The van der Waals surface area contributed by atoms with Crippen molar-refractivity contribution in [3.63, 3.8) is 0 Å². The van der Waals surface area contributed by atoms with Crippen LogP contribution in [0.4, 0.5) is 0 Å². The first-order valence-electron chi connectivity index (χ1n) is 6.27. The van der Waals surface area contributed by atoms with E-state index < -0.39 is 0 Å². The second-order valence-electron chi connectivity index (χ2n) is 5.03. The highest BCUT2D eigenvalue weighted by Gasteiger charge is 2.43. The number of ether oxygens (including phenoxy) is 2. The van der Waals surface area contributed by atoms with Crippen LogP contribution < -0.4 is 10.6 Å². The van der Waals surface area contributed by atoms with Crippen molar-refractivity contribution in [2.75, 3.05) is 14.2 Å². The van der Waals surface area contributed by atoms with E-state index >= 15 is 0 Å². The van der Waals surface area contributed by atoms with Gasteiger partial charge < -0.3 is 20.1 Å². The van der Waals surface area contributed by atoms with Crippen molar-refractivity contribution < 1.29 is 14.3 Å². The van der Waals surface area contributed by atoms with Gasteiger partial charge in [-0.05, 0) is 26.2 Å². The van der Waals surface area contributed by atoms with Gasteiger partial charge in [0.25, 0.3) is 0 Å². The molecular formula is C12H22N2O3. The third kappa shape index (κ3) is 2.61. The molecule has 2 N–H and O–H groups in total. The summed E-state index contributed by atoms with van der Waals surface area (Å²) >= 11 is 0. The van der Waals surface area contributed by atoms with Gasteiger partial charge in [-0.25, -0.2) is 0 Å². The molecule has 2 saturated heterocycles. The van der Waals surface area contributed by atoms with Gasteiger partial charge in [-0.3, -0.25) is 4.79 Å². The van der Waals surface area contributed by atoms with E-state index in [4.69, 9.17) is 9.47 Å². The second kappa shape index (κ2) is 5.33. The number of rotatable bonds is 5. The molecule has 0 radical (unpaired) electrons. The molecule has 4 atom stereocenters. The lowest BCUT2D eigenvalue weighted by atomic mass is 9.88. The molecular weight excluding hydrogens is 220 g/mol. The average Bonchev–Trinajstić information content (AvgIpc) is 2.92. The Morgan fingerprint density at radius 3 is 2.53 bits per heavy atom. The molecule has 0 aromatic heterocycles. The summed E-state index contributed by atoms with van der Waals surface area (Å²) in [5.41, 5.74) is 0. The number of hydrogen-bond donors (Lipinski definition) is 2. The Morgan fingerprint density at radius 1 is 1.35 bits per heavy atom. The minimum absolute atomic E-state index is 0.116. The maximum absolute atomic E-state index is 12.1. The third-order valence-electron chi connectivity index (χ3n) is 3.88. The Morgan fingerprint density at radius 2 is 2.06 bits per heavy atom. The van der Waals surface area contributed by atoms with Crippen LogP contribution in [0.1, 0.15) is 26.2 Å². The van der Waals surface area contributed by atoms with Crippen LogP contribution in [0.25, 0.3) is 0 Å². The zero-order chi connectivity index (χ0) is 12.4. The Labute approximate surface area is 102 Å². The summed E-state index contributed by atoms with van der Waals surface area (Å²) in [4.78, 5) is 12.1. The van der Waals surface area contributed by atoms with E-state index in [0.717, 1.165) is 12.8 Å². The van der Waals surface area contributed by atoms with E-state index in [0.29, 0.717) is 12.1 Å². The summed E-state index contributed by atoms with van der Waals surface area (Å²) < 4.78 is 10.3. The Kier molecular flexibility index (Phi) is 4.01. The first-order chi connectivity index (χ1) is 8.15. The number of fused-ring (bicyclic) bond motifs is 2. The van der Waals surface area contributed by atoms with Crippen LogP contribution in [0, 0.1) is 5.92 Å². The molecule has 1 amide bonds. The summed E-state index contributed by atoms with van der Waals surface area (Å²) in [6.45, 7) is 1.90. The van der Waals surface area contributed by atoms with Gasteiger partial charge in [0.2, 0.25) is 5.91 Å². The van der Waals surface area contributed by atoms with Crippen LogP contribution in [-0.4, -0.2) is 44.5 Å². The lowest BCUT2D eigenvalue weighted by molar-refractivity contribution is -0.138. The van der Waals surface area contributed by atoms with Gasteiger partial charge >= 0.3 is 0 Å². The third-order valence-corrected chi connectivity index (χ3v) is 3.88. The number of nitrogens with one attached hydrogen (secondary N) is 2. The summed E-state index contributed by atoms with van der Waals surface area (Å²) in [6.07, 6.45) is 2.91. The summed E-state index contributed by atoms with van der Waals surface area (Å²) in [6, 6.07) is 0.791. The topological polar surface area (TPSA) is 59.6 Å². The van der Waals surface area contributed by atoms with Gasteiger partial charge in [0.05, 0.1) is 12.0 Å². The largest absolute Gasteiger partial charge is 0.354 e. The van der Waals surface area contributed by atoms with Crippen molar-refractivity contribution in [1.29, 1.82) is 0 Å². The minimum Gasteiger partial charge on any atom is -0.354 e. The zero-order valence-corrected chi connectivity index (χ0v) is 10.7. The fourth-order valence-corrected chi connectivity index (χ4v) is 3.02. The number of carbonyl (C=O) groups is 1. The Balaban J connectivity index is 1.84. The molecule has 5 heteroatoms. The van der Waals surface area contributed by atoms with Gasteiger partial charge in [-0.15, -0.1) is 0 Å². The lowest BCUT2D eigenvalue weighted by Crippen LogP contribution is -2.47. The van der Waals surface area contributed by atoms with E-state index in [9.17, 15) is 4.79 Å². The average molecular weight is 242 g/mol. The van der Waals surface area contributed by atoms with Crippen molar-refractivity contribution in [2.45, 2.75) is 50.6 Å². The molecule has 2 aliphatic rings. The highest BCUT2D eigenvalue weighted by molar-refractivity contribution is 5.80. The minimum atomic E-state index is -0.384. The predicted molar refractivity (Wildman–Crippen MR) is 63.5 cm³/mol. The molecule has 4 unspecified atom stereocenters. The summed E-state index contributed by atoms with van der Waals surface area (Å²) in [5.74, 6) is 0.238. The van der Waals surface area contributed by atoms with E-state index in [1.54, 1.807) is 14.2 Å². The fourth-order valence-electron chi connectivity index (χ4n) is 3.02. The van der Waals surface area contributed by atoms with E-state index in [1.165, 1.54) is 6.42 Å². The molecule has 2 aliphatic heterocycles. The number of carbonyl (C=O) groups excluding carboxylic acids is 1. The van der Waals surface area contributed by atoms with Crippen molar-refractivity contribution in [3.05, 3.63) is 0 Å². The molecule has 0 aromatic carbocycles. The highest BCUT2D eigenvalue weighted by atomic mass is 16.7. The van der Waals surface area contributed by atoms with Gasteiger partial charge in [0.15, 0.2) is 6.29 Å². The standard InChI is InChI=1S/C12H22N2O3/c1-7(12(16-2)17-3)13-11(15)9-6-8-4-5-10(9)14-8/h7-10,12,14H,4-6H2,1-3H3,(H,13,15). The number of methoxy groups -OCH3 is 2. The van der Waals surface area contributed by atoms with Crippen LogP contribution in [0.3, 0.4) is 0 Å². The SMILES string of the molecule is COC(OC)C(C)NC(=O)C1CC2CCC1N2. The maximum Gasteiger partial charge on any atom is 0.225 e. The van der Waals surface area contributed by atoms with Crippen molar-refractivity contribution in [2.24, 2.45) is 5.92 Å². The van der Waals surface area contributed by atoms with E-state index in [1.807, 2.05) is 6.92 Å². The Hall–Kier alpha value is -0.650. The molecule has 2 heterocycles. The highest BCUT2D eigenvalue weighted by Crippen LogP contribution is 2.33. The molecule has 0 spiro atoms. The number of amides is 1. The Bertz CT molecular complexity index is 281. The lowest BCUT2D eigenvalue weighted by Gasteiger charge is -2.26. The van der Waals surface area contributed by atoms with Gasteiger partial charge in [-0.1, -0.05) is 0 Å². The van der Waals surface area contributed by atoms with Crippen LogP contribution in [0.2, 0.25) is 0 Å². The summed E-state index contributed by atoms with van der Waals surface area (Å²) in [7, 11) is 3.16. The zero-order valence-electron chi connectivity index (χ0n) is 10.7. The molecule has 0 saturated carbocycles. The molecule has 2 rings (SSSR count). The molecule has 5 nitrogen and oxygen atoms in total. The van der Waals surface area contributed by atoms with Crippen molar-refractivity contribution in [1.82, 2.24) is 10.6 Å². The number of hydrogen-bond acceptors (Lipinski definition) is 4. The van der Waals surface area contributed by atoms with Crippen LogP contribution in [-0.2, 0) is 14.3 Å². The molecule has 0 aromatic rings. The molecule has 2 bridgehead atoms. The molecule has 98 valence electrons. The molecule has 2 fully saturated rings. The maximum atomic E-state index is 12.1. The van der Waals surface area contributed by atoms with E-state index in [-0.39, 0.29) is 24.2 Å². The smallest absolute Gasteiger partial charge is 0.225 e. The van der Waals surface area contributed by atoms with Crippen LogP contribution in [0.15, 0.2) is 0 Å². The molecule has 0 aliphatic carbocycles. The first-order valence-corrected chi connectivity index (χ1v) is 6.27. The molecule has 17 heavy (non-hydrogen) atoms. The first kappa shape index (κ1) is 12.8. The van der Waals surface area contributed by atoms with Gasteiger partial charge in [-0.2, -0.15) is 0 Å². The normalized spacial score (nSPS) is 33.1. The second-order valence-corrected chi connectivity index (χ2v) is 5.03. The summed E-state index contributed by atoms with van der Waals surface area (Å²) in [5, 5.41) is 6.45. The van der Waals surface area contributed by atoms with Crippen molar-refractivity contribution in [3.8, 4) is 0 Å². The predicted octanol–water partition coefficient (Wildman–Crippen LogP) is 0.251. The van der Waals surface area contributed by atoms with Crippen LogP contribution in [0.5, 0.6) is 0 Å². The van der Waals surface area contributed by atoms with Crippen molar-refractivity contribution >= 4 is 5.91 Å². The van der Waals surface area contributed by atoms with Crippen LogP contribution >= 0.6 is 0 Å². The van der Waals surface area contributed by atoms with E-state index in [2.05, 4.69) is 10.6 Å². The van der Waals surface area contributed by atoms with Gasteiger partial charge in [0, 0.05) is 26.3 Å². The quantitative estimate of drug-likeness (QED) is 0.679.